The largest absolute Gasteiger partial charge is 0.381 e. The topological polar surface area (TPSA) is 91.0 Å². The molecule has 2 aliphatic rings. The monoisotopic (exact) mass is 441 g/mol. The zero-order chi connectivity index (χ0) is 22.5. The standard InChI is InChI=1S/C22H28FN7O2/c1-14-11-29(12-16-9-24-15(2)8-25-16)13-22(14,23)21-27-19-18(20(31)28(21)3)10-26-30(19)17-4-6-32-7-5-17/h8-10,14,17H,4-7,11-13H2,1-3H3/t14-,22+/m1/s1. The van der Waals surface area contributed by atoms with Crippen molar-refractivity contribution in [3.8, 4) is 0 Å². The van der Waals surface area contributed by atoms with E-state index >= 15 is 4.39 Å². The Balaban J connectivity index is 1.50. The molecule has 10 heteroatoms. The summed E-state index contributed by atoms with van der Waals surface area (Å²) in [5.74, 6) is -0.176. The first-order valence-corrected chi connectivity index (χ1v) is 11.1. The van der Waals surface area contributed by atoms with E-state index in [4.69, 9.17) is 9.72 Å². The zero-order valence-corrected chi connectivity index (χ0v) is 18.7. The van der Waals surface area contributed by atoms with Crippen LogP contribution in [-0.4, -0.2) is 60.5 Å². The van der Waals surface area contributed by atoms with E-state index in [-0.39, 0.29) is 29.9 Å². The molecule has 5 rings (SSSR count). The van der Waals surface area contributed by atoms with Crippen LogP contribution in [0.2, 0.25) is 0 Å². The Bertz CT molecular complexity index is 1190. The first-order valence-electron chi connectivity index (χ1n) is 11.1. The molecule has 0 bridgehead atoms. The van der Waals surface area contributed by atoms with Crippen LogP contribution in [0.4, 0.5) is 4.39 Å². The summed E-state index contributed by atoms with van der Waals surface area (Å²) in [5.41, 5.74) is 0.0711. The molecule has 0 saturated carbocycles. The first kappa shape index (κ1) is 21.1. The van der Waals surface area contributed by atoms with Gasteiger partial charge in [-0.05, 0) is 19.8 Å². The zero-order valence-electron chi connectivity index (χ0n) is 18.7. The number of nitrogens with zero attached hydrogens (tertiary/aromatic N) is 7. The number of fused-ring (bicyclic) bond motifs is 1. The highest BCUT2D eigenvalue weighted by Crippen LogP contribution is 2.40. The van der Waals surface area contributed by atoms with E-state index in [0.29, 0.717) is 37.3 Å². The SMILES string of the molecule is Cc1cnc(CN2C[C@@H](C)[C@](F)(c3nc4c(cnn4C4CCOCC4)c(=O)n3C)C2)cn1. The summed E-state index contributed by atoms with van der Waals surface area (Å²) in [6, 6.07) is 0.0990. The van der Waals surface area contributed by atoms with Crippen molar-refractivity contribution >= 4 is 11.0 Å². The molecule has 0 radical (unpaired) electrons. The Morgan fingerprint density at radius 3 is 2.72 bits per heavy atom. The molecule has 32 heavy (non-hydrogen) atoms. The van der Waals surface area contributed by atoms with Crippen LogP contribution >= 0.6 is 0 Å². The highest BCUT2D eigenvalue weighted by atomic mass is 19.1. The van der Waals surface area contributed by atoms with Gasteiger partial charge in [0.05, 0.1) is 23.6 Å². The molecule has 0 aliphatic carbocycles. The van der Waals surface area contributed by atoms with Crippen LogP contribution in [0.3, 0.4) is 0 Å². The molecular weight excluding hydrogens is 413 g/mol. The van der Waals surface area contributed by atoms with Gasteiger partial charge in [0.2, 0.25) is 0 Å². The molecule has 3 aromatic heterocycles. The van der Waals surface area contributed by atoms with Crippen molar-refractivity contribution in [2.45, 2.75) is 44.9 Å². The number of aryl methyl sites for hydroxylation is 1. The van der Waals surface area contributed by atoms with Gasteiger partial charge in [-0.15, -0.1) is 0 Å². The van der Waals surface area contributed by atoms with Gasteiger partial charge in [-0.25, -0.2) is 14.1 Å². The van der Waals surface area contributed by atoms with Crippen molar-refractivity contribution < 1.29 is 9.13 Å². The molecule has 2 fully saturated rings. The quantitative estimate of drug-likeness (QED) is 0.611. The van der Waals surface area contributed by atoms with Gasteiger partial charge in [0.1, 0.15) is 5.39 Å². The number of aromatic nitrogens is 6. The van der Waals surface area contributed by atoms with Gasteiger partial charge in [0.15, 0.2) is 17.1 Å². The summed E-state index contributed by atoms with van der Waals surface area (Å²) < 4.78 is 25.1. The summed E-state index contributed by atoms with van der Waals surface area (Å²) in [6.07, 6.45) is 6.59. The van der Waals surface area contributed by atoms with E-state index in [1.807, 2.05) is 18.7 Å². The highest BCUT2D eigenvalue weighted by Gasteiger charge is 2.49. The third kappa shape index (κ3) is 3.51. The predicted molar refractivity (Wildman–Crippen MR) is 116 cm³/mol. The van der Waals surface area contributed by atoms with Crippen molar-refractivity contribution in [2.24, 2.45) is 13.0 Å². The van der Waals surface area contributed by atoms with Gasteiger partial charge in [0.25, 0.3) is 5.56 Å². The summed E-state index contributed by atoms with van der Waals surface area (Å²) in [5, 5.41) is 4.87. The van der Waals surface area contributed by atoms with E-state index in [0.717, 1.165) is 24.2 Å². The van der Waals surface area contributed by atoms with E-state index < -0.39 is 5.67 Å². The van der Waals surface area contributed by atoms with Crippen LogP contribution in [0.1, 0.15) is 43.0 Å². The Hall–Kier alpha value is -2.72. The van der Waals surface area contributed by atoms with E-state index in [1.54, 1.807) is 30.3 Å². The summed E-state index contributed by atoms with van der Waals surface area (Å²) in [6.45, 7) is 6.22. The van der Waals surface area contributed by atoms with Gasteiger partial charge < -0.3 is 4.74 Å². The van der Waals surface area contributed by atoms with Gasteiger partial charge >= 0.3 is 0 Å². The number of rotatable bonds is 4. The van der Waals surface area contributed by atoms with Crippen molar-refractivity contribution in [3.05, 3.63) is 46.2 Å². The third-order valence-corrected chi connectivity index (χ3v) is 6.73. The molecule has 0 unspecified atom stereocenters. The molecule has 0 amide bonds. The van der Waals surface area contributed by atoms with E-state index in [9.17, 15) is 4.79 Å². The smallest absolute Gasteiger partial charge is 0.264 e. The fraction of sp³-hybridized carbons (Fsp3) is 0.591. The Labute approximate surface area is 185 Å². The van der Waals surface area contributed by atoms with Crippen molar-refractivity contribution in [2.75, 3.05) is 26.3 Å². The van der Waals surface area contributed by atoms with Crippen LogP contribution < -0.4 is 5.56 Å². The van der Waals surface area contributed by atoms with Crippen molar-refractivity contribution in [3.63, 3.8) is 0 Å². The molecule has 2 atom stereocenters. The number of hydrogen-bond donors (Lipinski definition) is 0. The van der Waals surface area contributed by atoms with Crippen molar-refractivity contribution in [1.29, 1.82) is 0 Å². The lowest BCUT2D eigenvalue weighted by Gasteiger charge is -2.26. The Morgan fingerprint density at radius 2 is 2.00 bits per heavy atom. The maximum Gasteiger partial charge on any atom is 0.264 e. The van der Waals surface area contributed by atoms with Gasteiger partial charge in [-0.1, -0.05) is 6.92 Å². The predicted octanol–water partition coefficient (Wildman–Crippen LogP) is 1.90. The summed E-state index contributed by atoms with van der Waals surface area (Å²) >= 11 is 0. The number of alkyl halides is 1. The molecule has 170 valence electrons. The number of hydrogen-bond acceptors (Lipinski definition) is 7. The van der Waals surface area contributed by atoms with Crippen LogP contribution in [0.15, 0.2) is 23.4 Å². The molecule has 2 aliphatic heterocycles. The van der Waals surface area contributed by atoms with Crippen LogP contribution in [0, 0.1) is 12.8 Å². The van der Waals surface area contributed by atoms with E-state index in [2.05, 4.69) is 15.1 Å². The Morgan fingerprint density at radius 1 is 1.22 bits per heavy atom. The minimum absolute atomic E-state index is 0.0990. The Kier molecular flexibility index (Phi) is 5.29. The average molecular weight is 442 g/mol. The van der Waals surface area contributed by atoms with Crippen LogP contribution in [-0.2, 0) is 24.0 Å². The molecule has 3 aromatic rings. The minimum Gasteiger partial charge on any atom is -0.381 e. The first-order chi connectivity index (χ1) is 15.4. The number of halogens is 1. The summed E-state index contributed by atoms with van der Waals surface area (Å²) in [4.78, 5) is 28.5. The lowest BCUT2D eigenvalue weighted by molar-refractivity contribution is 0.0671. The minimum atomic E-state index is -1.76. The molecule has 0 N–H and O–H groups in total. The third-order valence-electron chi connectivity index (χ3n) is 6.73. The van der Waals surface area contributed by atoms with E-state index in [1.165, 1.54) is 4.57 Å². The lowest BCUT2D eigenvalue weighted by Crippen LogP contribution is -2.37. The summed E-state index contributed by atoms with van der Waals surface area (Å²) in [7, 11) is 1.60. The molecule has 5 heterocycles. The lowest BCUT2D eigenvalue weighted by atomic mass is 9.93. The molecule has 0 spiro atoms. The van der Waals surface area contributed by atoms with Crippen molar-refractivity contribution in [1.82, 2.24) is 34.2 Å². The number of ether oxygens (including phenoxy) is 1. The molecule has 0 aromatic carbocycles. The average Bonchev–Trinajstić information content (AvgIpc) is 3.34. The maximum atomic E-state index is 16.6. The fourth-order valence-electron chi connectivity index (χ4n) is 4.86. The molecule has 2 saturated heterocycles. The second kappa shape index (κ2) is 8.00. The second-order valence-corrected chi connectivity index (χ2v) is 9.05. The molecule has 9 nitrogen and oxygen atoms in total. The maximum absolute atomic E-state index is 16.6. The van der Waals surface area contributed by atoms with Gasteiger partial charge in [-0.2, -0.15) is 5.10 Å². The second-order valence-electron chi connectivity index (χ2n) is 9.05. The normalized spacial score (nSPS) is 25.1. The van der Waals surface area contributed by atoms with Gasteiger partial charge in [-0.3, -0.25) is 24.2 Å². The number of likely N-dealkylation sites (tertiary alicyclic amines) is 1. The fourth-order valence-corrected chi connectivity index (χ4v) is 4.86. The highest BCUT2D eigenvalue weighted by molar-refractivity contribution is 5.73. The van der Waals surface area contributed by atoms with Crippen LogP contribution in [0.25, 0.3) is 11.0 Å². The molecular formula is C22H28FN7O2. The van der Waals surface area contributed by atoms with Gasteiger partial charge in [0, 0.05) is 58.2 Å². The van der Waals surface area contributed by atoms with Crippen LogP contribution in [0.5, 0.6) is 0 Å².